The van der Waals surface area contributed by atoms with Gasteiger partial charge in [-0.3, -0.25) is 0 Å². The zero-order valence-corrected chi connectivity index (χ0v) is 11.8. The van der Waals surface area contributed by atoms with E-state index < -0.39 is 0 Å². The summed E-state index contributed by atoms with van der Waals surface area (Å²) >= 11 is 0. The summed E-state index contributed by atoms with van der Waals surface area (Å²) in [5.41, 5.74) is 6.66. The molecule has 0 amide bonds. The minimum Gasteiger partial charge on any atom is -0.493 e. The summed E-state index contributed by atoms with van der Waals surface area (Å²) in [6.45, 7) is 2.78. The van der Waals surface area contributed by atoms with Crippen molar-refractivity contribution in [2.75, 3.05) is 13.7 Å². The molecule has 0 aliphatic rings. The van der Waals surface area contributed by atoms with Crippen LogP contribution in [0.2, 0.25) is 0 Å². The predicted molar refractivity (Wildman–Crippen MR) is 73.8 cm³/mol. The number of aryl methyl sites for hydroxylation is 1. The molecule has 108 valence electrons. The molecule has 0 spiro atoms. The van der Waals surface area contributed by atoms with Crippen LogP contribution in [0, 0.1) is 0 Å². The van der Waals surface area contributed by atoms with Gasteiger partial charge in [0.25, 0.3) is 5.89 Å². The van der Waals surface area contributed by atoms with Crippen LogP contribution in [0.3, 0.4) is 0 Å². The first-order valence-electron chi connectivity index (χ1n) is 6.58. The first-order chi connectivity index (χ1) is 9.76. The standard InChI is InChI=1S/C14H19N3O3/c1-3-13-16-14(20-17-13)9-19-12-8-10(6-7-15)4-5-11(12)18-2/h4-5,8H,3,6-7,9,15H2,1-2H3. The summed E-state index contributed by atoms with van der Waals surface area (Å²) in [5.74, 6) is 2.44. The normalized spacial score (nSPS) is 10.6. The molecule has 0 saturated carbocycles. The number of hydrogen-bond acceptors (Lipinski definition) is 6. The van der Waals surface area contributed by atoms with E-state index >= 15 is 0 Å². The van der Waals surface area contributed by atoms with Gasteiger partial charge in [-0.2, -0.15) is 4.98 Å². The summed E-state index contributed by atoms with van der Waals surface area (Å²) in [6, 6.07) is 5.76. The van der Waals surface area contributed by atoms with Crippen LogP contribution in [0.15, 0.2) is 22.7 Å². The molecule has 0 radical (unpaired) electrons. The number of aromatic nitrogens is 2. The molecule has 2 N–H and O–H groups in total. The molecule has 0 unspecified atom stereocenters. The summed E-state index contributed by atoms with van der Waals surface area (Å²) < 4.78 is 16.0. The average molecular weight is 277 g/mol. The molecule has 0 aliphatic carbocycles. The van der Waals surface area contributed by atoms with Crippen LogP contribution in [-0.4, -0.2) is 23.8 Å². The smallest absolute Gasteiger partial charge is 0.264 e. The van der Waals surface area contributed by atoms with Crippen molar-refractivity contribution < 1.29 is 14.0 Å². The fourth-order valence-corrected chi connectivity index (χ4v) is 1.79. The summed E-state index contributed by atoms with van der Waals surface area (Å²) in [5, 5.41) is 3.82. The highest BCUT2D eigenvalue weighted by Gasteiger charge is 2.09. The molecule has 1 aromatic heterocycles. The Kier molecular flexibility index (Phi) is 4.95. The topological polar surface area (TPSA) is 83.4 Å². The van der Waals surface area contributed by atoms with E-state index in [1.165, 1.54) is 0 Å². The maximum Gasteiger partial charge on any atom is 0.264 e. The molecule has 6 nitrogen and oxygen atoms in total. The van der Waals surface area contributed by atoms with Crippen LogP contribution in [0.4, 0.5) is 0 Å². The maximum atomic E-state index is 5.70. The van der Waals surface area contributed by atoms with Gasteiger partial charge in [-0.05, 0) is 30.7 Å². The van der Waals surface area contributed by atoms with E-state index in [0.717, 1.165) is 18.4 Å². The highest BCUT2D eigenvalue weighted by atomic mass is 16.5. The van der Waals surface area contributed by atoms with Gasteiger partial charge < -0.3 is 19.7 Å². The van der Waals surface area contributed by atoms with E-state index in [0.29, 0.717) is 29.8 Å². The van der Waals surface area contributed by atoms with Crippen LogP contribution in [0.1, 0.15) is 24.2 Å². The SMILES string of the molecule is CCc1noc(COc2cc(CCN)ccc2OC)n1. The van der Waals surface area contributed by atoms with Crippen LogP contribution >= 0.6 is 0 Å². The molecule has 0 saturated heterocycles. The van der Waals surface area contributed by atoms with E-state index in [-0.39, 0.29) is 6.61 Å². The Morgan fingerprint density at radius 3 is 2.80 bits per heavy atom. The second-order valence-electron chi connectivity index (χ2n) is 4.27. The van der Waals surface area contributed by atoms with Crippen molar-refractivity contribution in [2.24, 2.45) is 5.73 Å². The van der Waals surface area contributed by atoms with E-state index in [1.54, 1.807) is 7.11 Å². The first kappa shape index (κ1) is 14.3. The molecule has 0 bridgehead atoms. The highest BCUT2D eigenvalue weighted by Crippen LogP contribution is 2.28. The molecule has 1 heterocycles. The molecule has 2 rings (SSSR count). The minimum absolute atomic E-state index is 0.218. The fourth-order valence-electron chi connectivity index (χ4n) is 1.79. The molecular formula is C14H19N3O3. The number of hydrogen-bond donors (Lipinski definition) is 1. The van der Waals surface area contributed by atoms with Crippen molar-refractivity contribution >= 4 is 0 Å². The van der Waals surface area contributed by atoms with Gasteiger partial charge in [-0.15, -0.1) is 0 Å². The quantitative estimate of drug-likeness (QED) is 0.829. The lowest BCUT2D eigenvalue weighted by atomic mass is 10.1. The lowest BCUT2D eigenvalue weighted by Crippen LogP contribution is -2.04. The van der Waals surface area contributed by atoms with Crippen LogP contribution < -0.4 is 15.2 Å². The van der Waals surface area contributed by atoms with Crippen molar-refractivity contribution in [1.82, 2.24) is 10.1 Å². The molecule has 0 aliphatic heterocycles. The third kappa shape index (κ3) is 3.48. The lowest BCUT2D eigenvalue weighted by Gasteiger charge is -2.10. The van der Waals surface area contributed by atoms with E-state index in [2.05, 4.69) is 10.1 Å². The number of ether oxygens (including phenoxy) is 2. The van der Waals surface area contributed by atoms with Crippen molar-refractivity contribution in [3.8, 4) is 11.5 Å². The van der Waals surface area contributed by atoms with E-state index in [9.17, 15) is 0 Å². The van der Waals surface area contributed by atoms with Gasteiger partial charge in [0.15, 0.2) is 23.9 Å². The number of nitrogens with two attached hydrogens (primary N) is 1. The van der Waals surface area contributed by atoms with Gasteiger partial charge in [-0.25, -0.2) is 0 Å². The Morgan fingerprint density at radius 1 is 1.30 bits per heavy atom. The molecule has 20 heavy (non-hydrogen) atoms. The van der Waals surface area contributed by atoms with Gasteiger partial charge in [0.05, 0.1) is 7.11 Å². The highest BCUT2D eigenvalue weighted by molar-refractivity contribution is 5.43. The third-order valence-electron chi connectivity index (χ3n) is 2.84. The molecule has 2 aromatic rings. The Labute approximate surface area is 117 Å². The first-order valence-corrected chi connectivity index (χ1v) is 6.58. The number of methoxy groups -OCH3 is 1. The summed E-state index contributed by atoms with van der Waals surface area (Å²) in [4.78, 5) is 4.19. The van der Waals surface area contributed by atoms with Crippen LogP contribution in [0.5, 0.6) is 11.5 Å². The molecule has 1 aromatic carbocycles. The second kappa shape index (κ2) is 6.91. The van der Waals surface area contributed by atoms with Gasteiger partial charge in [-0.1, -0.05) is 18.1 Å². The number of nitrogens with zero attached hydrogens (tertiary/aromatic N) is 2. The van der Waals surface area contributed by atoms with E-state index in [1.807, 2.05) is 25.1 Å². The largest absolute Gasteiger partial charge is 0.493 e. The second-order valence-corrected chi connectivity index (χ2v) is 4.27. The summed E-state index contributed by atoms with van der Waals surface area (Å²) in [6.07, 6.45) is 1.53. The van der Waals surface area contributed by atoms with Gasteiger partial charge in [0.1, 0.15) is 0 Å². The molecule has 0 atom stereocenters. The molecule has 6 heteroatoms. The average Bonchev–Trinajstić information content (AvgIpc) is 2.93. The Hall–Kier alpha value is -2.08. The molecule has 0 fully saturated rings. The van der Waals surface area contributed by atoms with E-state index in [4.69, 9.17) is 19.7 Å². The predicted octanol–water partition coefficient (Wildman–Crippen LogP) is 1.72. The summed E-state index contributed by atoms with van der Waals surface area (Å²) in [7, 11) is 1.60. The van der Waals surface area contributed by atoms with Crippen molar-refractivity contribution in [2.45, 2.75) is 26.4 Å². The Balaban J connectivity index is 2.08. The monoisotopic (exact) mass is 277 g/mol. The fraction of sp³-hybridized carbons (Fsp3) is 0.429. The maximum absolute atomic E-state index is 5.70. The van der Waals surface area contributed by atoms with Crippen molar-refractivity contribution in [3.63, 3.8) is 0 Å². The Morgan fingerprint density at radius 2 is 2.15 bits per heavy atom. The number of rotatable bonds is 7. The number of benzene rings is 1. The van der Waals surface area contributed by atoms with Crippen LogP contribution in [0.25, 0.3) is 0 Å². The van der Waals surface area contributed by atoms with Gasteiger partial charge in [0.2, 0.25) is 0 Å². The van der Waals surface area contributed by atoms with Crippen molar-refractivity contribution in [3.05, 3.63) is 35.5 Å². The minimum atomic E-state index is 0.218. The van der Waals surface area contributed by atoms with Gasteiger partial charge in [0, 0.05) is 6.42 Å². The van der Waals surface area contributed by atoms with Crippen LogP contribution in [-0.2, 0) is 19.4 Å². The third-order valence-corrected chi connectivity index (χ3v) is 2.84. The Bertz CT molecular complexity index is 554. The lowest BCUT2D eigenvalue weighted by molar-refractivity contribution is 0.233. The molecular weight excluding hydrogens is 258 g/mol. The zero-order chi connectivity index (χ0) is 14.4. The van der Waals surface area contributed by atoms with Gasteiger partial charge >= 0.3 is 0 Å². The zero-order valence-electron chi connectivity index (χ0n) is 11.8. The van der Waals surface area contributed by atoms with Crippen molar-refractivity contribution in [1.29, 1.82) is 0 Å².